The lowest BCUT2D eigenvalue weighted by Gasteiger charge is -2.04. The summed E-state index contributed by atoms with van der Waals surface area (Å²) in [6.45, 7) is 0.287. The molecule has 0 saturated heterocycles. The number of hydrogen-bond donors (Lipinski definition) is 1. The SMILES string of the molecule is CS(=O)(=O)CCn1c(=S)[nH]c2cc(Cl)c(Cl)cc21. The van der Waals surface area contributed by atoms with E-state index >= 15 is 0 Å². The maximum atomic E-state index is 11.2. The first kappa shape index (κ1) is 13.9. The summed E-state index contributed by atoms with van der Waals surface area (Å²) in [6.07, 6.45) is 1.19. The highest BCUT2D eigenvalue weighted by molar-refractivity contribution is 7.90. The summed E-state index contributed by atoms with van der Waals surface area (Å²) >= 11 is 17.0. The Morgan fingerprint density at radius 3 is 2.56 bits per heavy atom. The van der Waals surface area contributed by atoms with Crippen molar-refractivity contribution in [3.8, 4) is 0 Å². The molecule has 0 bridgehead atoms. The second-order valence-electron chi connectivity index (χ2n) is 4.00. The fourth-order valence-corrected chi connectivity index (χ4v) is 2.77. The second kappa shape index (κ2) is 4.85. The molecular formula is C10H10Cl2N2O2S2. The number of aryl methyl sites for hydroxylation is 1. The van der Waals surface area contributed by atoms with Gasteiger partial charge in [0.25, 0.3) is 0 Å². The molecule has 0 aliphatic carbocycles. The lowest BCUT2D eigenvalue weighted by Crippen LogP contribution is -2.11. The smallest absolute Gasteiger partial charge is 0.178 e. The summed E-state index contributed by atoms with van der Waals surface area (Å²) in [5.41, 5.74) is 1.49. The molecule has 8 heteroatoms. The van der Waals surface area contributed by atoms with Crippen LogP contribution in [0.15, 0.2) is 12.1 Å². The Morgan fingerprint density at radius 1 is 1.33 bits per heavy atom. The zero-order chi connectivity index (χ0) is 13.5. The Hall–Kier alpha value is -0.560. The van der Waals surface area contributed by atoms with Crippen molar-refractivity contribution in [3.63, 3.8) is 0 Å². The van der Waals surface area contributed by atoms with Crippen LogP contribution >= 0.6 is 35.4 Å². The normalized spacial score (nSPS) is 12.2. The molecule has 0 aliphatic rings. The van der Waals surface area contributed by atoms with Crippen LogP contribution in [0.2, 0.25) is 10.0 Å². The maximum Gasteiger partial charge on any atom is 0.178 e. The van der Waals surface area contributed by atoms with Gasteiger partial charge in [-0.2, -0.15) is 0 Å². The molecule has 1 N–H and O–H groups in total. The molecule has 0 spiro atoms. The highest BCUT2D eigenvalue weighted by Gasteiger charge is 2.10. The quantitative estimate of drug-likeness (QED) is 0.883. The molecule has 0 atom stereocenters. The number of fused-ring (bicyclic) bond motifs is 1. The van der Waals surface area contributed by atoms with Crippen molar-refractivity contribution in [2.45, 2.75) is 6.54 Å². The number of benzene rings is 1. The Bertz CT molecular complexity index is 762. The van der Waals surface area contributed by atoms with Crippen LogP contribution in [0, 0.1) is 4.77 Å². The molecule has 2 aromatic rings. The Kier molecular flexibility index (Phi) is 3.73. The molecule has 98 valence electrons. The maximum absolute atomic E-state index is 11.2. The van der Waals surface area contributed by atoms with Gasteiger partial charge in [0.1, 0.15) is 9.84 Å². The molecule has 4 nitrogen and oxygen atoms in total. The van der Waals surface area contributed by atoms with Crippen molar-refractivity contribution < 1.29 is 8.42 Å². The molecule has 0 aliphatic heterocycles. The van der Waals surface area contributed by atoms with E-state index in [1.807, 2.05) is 0 Å². The van der Waals surface area contributed by atoms with Crippen molar-refractivity contribution in [3.05, 3.63) is 26.9 Å². The summed E-state index contributed by atoms with van der Waals surface area (Å²) in [5.74, 6) is 0.0223. The molecule has 0 unspecified atom stereocenters. The lowest BCUT2D eigenvalue weighted by atomic mass is 10.3. The largest absolute Gasteiger partial charge is 0.331 e. The predicted octanol–water partition coefficient (Wildman–Crippen LogP) is 3.05. The third-order valence-corrected chi connectivity index (χ3v) is 4.47. The van der Waals surface area contributed by atoms with Gasteiger partial charge in [-0.1, -0.05) is 23.2 Å². The van der Waals surface area contributed by atoms with Crippen LogP contribution in [-0.4, -0.2) is 30.0 Å². The van der Waals surface area contributed by atoms with E-state index in [9.17, 15) is 8.42 Å². The van der Waals surface area contributed by atoms with Crippen LogP contribution < -0.4 is 0 Å². The molecule has 0 saturated carbocycles. The summed E-state index contributed by atoms with van der Waals surface area (Å²) in [7, 11) is -3.04. The van der Waals surface area contributed by atoms with Gasteiger partial charge in [0.05, 0.1) is 26.8 Å². The molecule has 1 aromatic carbocycles. The molecule has 0 radical (unpaired) electrons. The zero-order valence-electron chi connectivity index (χ0n) is 9.41. The van der Waals surface area contributed by atoms with Gasteiger partial charge in [-0.05, 0) is 24.4 Å². The molecule has 1 heterocycles. The fraction of sp³-hybridized carbons (Fsp3) is 0.300. The van der Waals surface area contributed by atoms with E-state index in [-0.39, 0.29) is 12.3 Å². The summed E-state index contributed by atoms with van der Waals surface area (Å²) in [6, 6.07) is 3.35. The minimum atomic E-state index is -3.04. The van der Waals surface area contributed by atoms with Gasteiger partial charge < -0.3 is 9.55 Å². The number of nitrogens with one attached hydrogen (secondary N) is 1. The van der Waals surface area contributed by atoms with Gasteiger partial charge >= 0.3 is 0 Å². The molecule has 2 rings (SSSR count). The van der Waals surface area contributed by atoms with E-state index in [1.165, 1.54) is 6.26 Å². The van der Waals surface area contributed by atoms with Gasteiger partial charge in [0.15, 0.2) is 4.77 Å². The van der Waals surface area contributed by atoms with E-state index in [1.54, 1.807) is 16.7 Å². The molecule has 18 heavy (non-hydrogen) atoms. The number of rotatable bonds is 3. The third-order valence-electron chi connectivity index (χ3n) is 2.50. The first-order valence-electron chi connectivity index (χ1n) is 5.03. The lowest BCUT2D eigenvalue weighted by molar-refractivity contribution is 0.595. The van der Waals surface area contributed by atoms with Crippen molar-refractivity contribution in [1.82, 2.24) is 9.55 Å². The summed E-state index contributed by atoms with van der Waals surface area (Å²) in [5, 5.41) is 0.835. The topological polar surface area (TPSA) is 54.9 Å². The van der Waals surface area contributed by atoms with Crippen LogP contribution in [0.3, 0.4) is 0 Å². The summed E-state index contributed by atoms with van der Waals surface area (Å²) < 4.78 is 24.5. The van der Waals surface area contributed by atoms with E-state index in [0.717, 1.165) is 11.0 Å². The van der Waals surface area contributed by atoms with Crippen LogP contribution in [0.1, 0.15) is 0 Å². The highest BCUT2D eigenvalue weighted by Crippen LogP contribution is 2.27. The molecular weight excluding hydrogens is 315 g/mol. The Labute approximate surface area is 119 Å². The number of sulfone groups is 1. The molecule has 0 fully saturated rings. The number of halogens is 2. The van der Waals surface area contributed by atoms with Gasteiger partial charge in [-0.25, -0.2) is 8.42 Å². The molecule has 1 aromatic heterocycles. The number of hydrogen-bond acceptors (Lipinski definition) is 3. The predicted molar refractivity (Wildman–Crippen MR) is 76.9 cm³/mol. The Morgan fingerprint density at radius 2 is 1.94 bits per heavy atom. The van der Waals surface area contributed by atoms with E-state index < -0.39 is 9.84 Å². The van der Waals surface area contributed by atoms with Crippen LogP contribution in [0.4, 0.5) is 0 Å². The van der Waals surface area contributed by atoms with Gasteiger partial charge in [0.2, 0.25) is 0 Å². The van der Waals surface area contributed by atoms with E-state index in [0.29, 0.717) is 14.8 Å². The van der Waals surface area contributed by atoms with E-state index in [4.69, 9.17) is 35.4 Å². The number of aromatic nitrogens is 2. The van der Waals surface area contributed by atoms with Gasteiger partial charge in [-0.15, -0.1) is 0 Å². The standard InChI is InChI=1S/C10H10Cl2N2O2S2/c1-18(15,16)3-2-14-9-5-7(12)6(11)4-8(9)13-10(14)17/h4-5H,2-3H2,1H3,(H,13,17). The minimum absolute atomic E-state index is 0.0223. The monoisotopic (exact) mass is 324 g/mol. The Balaban J connectivity index is 2.54. The average Bonchev–Trinajstić information content (AvgIpc) is 2.51. The van der Waals surface area contributed by atoms with Crippen LogP contribution in [0.25, 0.3) is 11.0 Å². The number of imidazole rings is 1. The third kappa shape index (κ3) is 2.88. The fourth-order valence-electron chi connectivity index (χ4n) is 1.63. The summed E-state index contributed by atoms with van der Waals surface area (Å²) in [4.78, 5) is 2.97. The van der Waals surface area contributed by atoms with Gasteiger partial charge in [-0.3, -0.25) is 0 Å². The van der Waals surface area contributed by atoms with Crippen LogP contribution in [-0.2, 0) is 16.4 Å². The minimum Gasteiger partial charge on any atom is -0.331 e. The van der Waals surface area contributed by atoms with Crippen LogP contribution in [0.5, 0.6) is 0 Å². The van der Waals surface area contributed by atoms with Crippen molar-refractivity contribution in [2.75, 3.05) is 12.0 Å². The highest BCUT2D eigenvalue weighted by atomic mass is 35.5. The number of aromatic amines is 1. The first-order chi connectivity index (χ1) is 8.28. The van der Waals surface area contributed by atoms with Crippen molar-refractivity contribution in [1.29, 1.82) is 0 Å². The van der Waals surface area contributed by atoms with E-state index in [2.05, 4.69) is 4.98 Å². The number of H-pyrrole nitrogens is 1. The first-order valence-corrected chi connectivity index (χ1v) is 8.26. The second-order valence-corrected chi connectivity index (χ2v) is 7.46. The number of nitrogens with zero attached hydrogens (tertiary/aromatic N) is 1. The molecule has 0 amide bonds. The van der Waals surface area contributed by atoms with Crippen molar-refractivity contribution >= 4 is 56.3 Å². The van der Waals surface area contributed by atoms with Gasteiger partial charge in [0, 0.05) is 12.8 Å². The zero-order valence-corrected chi connectivity index (χ0v) is 12.5. The average molecular weight is 325 g/mol. The van der Waals surface area contributed by atoms with Crippen molar-refractivity contribution in [2.24, 2.45) is 0 Å².